The Morgan fingerprint density at radius 2 is 0.938 bits per heavy atom. The molecule has 0 spiro atoms. The van der Waals surface area contributed by atoms with Crippen molar-refractivity contribution in [2.45, 2.75) is 142 Å². The highest BCUT2D eigenvalue weighted by Gasteiger charge is 2.09. The highest BCUT2D eigenvalue weighted by molar-refractivity contribution is 4.52. The number of hydrogen-bond acceptors (Lipinski definition) is 5. The molecule has 0 rings (SSSR count). The van der Waals surface area contributed by atoms with E-state index >= 15 is 0 Å². The van der Waals surface area contributed by atoms with E-state index in [-0.39, 0.29) is 13.1 Å². The Bertz CT molecular complexity index is 307. The fraction of sp³-hybridized carbons (Fsp3) is 1.00. The van der Waals surface area contributed by atoms with Gasteiger partial charge in [-0.1, -0.05) is 104 Å². The van der Waals surface area contributed by atoms with Crippen LogP contribution in [0.4, 0.5) is 0 Å². The summed E-state index contributed by atoms with van der Waals surface area (Å²) in [6, 6.07) is 0. The predicted molar refractivity (Wildman–Crippen MR) is 134 cm³/mol. The third-order valence-corrected chi connectivity index (χ3v) is 5.83. The van der Waals surface area contributed by atoms with Gasteiger partial charge in [-0.3, -0.25) is 0 Å². The lowest BCUT2D eigenvalue weighted by molar-refractivity contribution is -0.318. The van der Waals surface area contributed by atoms with Crippen molar-refractivity contribution in [3.05, 3.63) is 0 Å². The van der Waals surface area contributed by atoms with Crippen molar-refractivity contribution in [3.8, 4) is 0 Å². The second kappa shape index (κ2) is 28.8. The van der Waals surface area contributed by atoms with Gasteiger partial charge in [0, 0.05) is 19.8 Å². The van der Waals surface area contributed by atoms with Gasteiger partial charge in [-0.15, -0.1) is 0 Å². The first-order valence-electron chi connectivity index (χ1n) is 13.8. The minimum atomic E-state index is -0.0264. The maximum atomic E-state index is 6.12. The molecule has 0 N–H and O–H groups in total. The topological polar surface area (TPSA) is 46.2 Å². The Balaban J connectivity index is 3.83. The van der Waals surface area contributed by atoms with E-state index in [9.17, 15) is 0 Å². The molecular weight excluding hydrogens is 404 g/mol. The van der Waals surface area contributed by atoms with E-state index in [4.69, 9.17) is 19.1 Å². The van der Waals surface area contributed by atoms with Crippen LogP contribution < -0.4 is 0 Å². The average Bonchev–Trinajstić information content (AvgIpc) is 2.80. The minimum absolute atomic E-state index is 0.0264. The van der Waals surface area contributed by atoms with Crippen LogP contribution in [0.3, 0.4) is 0 Å². The van der Waals surface area contributed by atoms with Gasteiger partial charge in [-0.2, -0.15) is 0 Å². The molecule has 32 heavy (non-hydrogen) atoms. The van der Waals surface area contributed by atoms with Crippen LogP contribution in [0.1, 0.15) is 136 Å². The lowest BCUT2D eigenvalue weighted by atomic mass is 10.1. The fourth-order valence-electron chi connectivity index (χ4n) is 3.77. The van der Waals surface area contributed by atoms with E-state index in [2.05, 4.69) is 18.7 Å². The predicted octanol–water partition coefficient (Wildman–Crippen LogP) is 8.35. The molecule has 0 amide bonds. The Morgan fingerprint density at radius 3 is 1.44 bits per heavy atom. The van der Waals surface area contributed by atoms with Crippen LogP contribution in [0, 0.1) is 0 Å². The normalized spacial score (nSPS) is 11.6. The number of hydrogen-bond donors (Lipinski definition) is 0. The van der Waals surface area contributed by atoms with E-state index in [1.807, 2.05) is 0 Å². The average molecular weight is 461 g/mol. The summed E-state index contributed by atoms with van der Waals surface area (Å²) >= 11 is 0. The second-order valence-electron chi connectivity index (χ2n) is 8.93. The Labute approximate surface area is 200 Å². The molecule has 0 aliphatic heterocycles. The van der Waals surface area contributed by atoms with Crippen LogP contribution in [0.15, 0.2) is 0 Å². The van der Waals surface area contributed by atoms with Gasteiger partial charge in [0.15, 0.2) is 13.1 Å². The van der Waals surface area contributed by atoms with E-state index in [0.29, 0.717) is 0 Å². The van der Waals surface area contributed by atoms with Crippen molar-refractivity contribution in [1.29, 1.82) is 0 Å². The molecule has 0 atom stereocenters. The zero-order chi connectivity index (χ0) is 23.4. The molecule has 0 aromatic heterocycles. The third-order valence-electron chi connectivity index (χ3n) is 5.83. The summed E-state index contributed by atoms with van der Waals surface area (Å²) in [5.41, 5.74) is 0. The zero-order valence-electron chi connectivity index (χ0n) is 21.9. The van der Waals surface area contributed by atoms with Crippen LogP contribution in [-0.4, -0.2) is 40.0 Å². The van der Waals surface area contributed by atoms with Gasteiger partial charge in [0.25, 0.3) is 0 Å². The van der Waals surface area contributed by atoms with Gasteiger partial charge in [-0.05, 0) is 32.1 Å². The largest absolute Gasteiger partial charge is 0.353 e. The fourth-order valence-corrected chi connectivity index (χ4v) is 3.77. The standard InChI is InChI=1S/C27H56O5/c1-4-6-8-10-12-15-20-24-30-27(31-25-21-16-13-11-9-7-5-2)22-18-14-17-19-23-29-26-32-28-3/h27H,4-26H2,1-3H3. The van der Waals surface area contributed by atoms with E-state index in [0.717, 1.165) is 58.3 Å². The molecule has 0 aromatic rings. The molecule has 5 nitrogen and oxygen atoms in total. The quantitative estimate of drug-likeness (QED) is 0.0508. The first kappa shape index (κ1) is 31.8. The maximum Gasteiger partial charge on any atom is 0.180 e. The van der Waals surface area contributed by atoms with Gasteiger partial charge < -0.3 is 14.2 Å². The summed E-state index contributed by atoms with van der Waals surface area (Å²) in [4.78, 5) is 9.19. The van der Waals surface area contributed by atoms with Crippen LogP contribution in [0.25, 0.3) is 0 Å². The third kappa shape index (κ3) is 26.1. The molecule has 0 unspecified atom stereocenters. The van der Waals surface area contributed by atoms with Gasteiger partial charge in [0.2, 0.25) is 0 Å². The highest BCUT2D eigenvalue weighted by atomic mass is 17.2. The smallest absolute Gasteiger partial charge is 0.180 e. The molecule has 0 heterocycles. The first-order valence-corrected chi connectivity index (χ1v) is 13.8. The Kier molecular flexibility index (Phi) is 28.7. The first-order chi connectivity index (χ1) is 15.8. The van der Waals surface area contributed by atoms with Crippen molar-refractivity contribution < 1.29 is 24.0 Å². The molecule has 0 radical (unpaired) electrons. The Hall–Kier alpha value is -0.200. The monoisotopic (exact) mass is 460 g/mol. The molecular formula is C27H56O5. The minimum Gasteiger partial charge on any atom is -0.353 e. The van der Waals surface area contributed by atoms with Crippen molar-refractivity contribution in [1.82, 2.24) is 0 Å². The zero-order valence-corrected chi connectivity index (χ0v) is 21.9. The maximum absolute atomic E-state index is 6.12. The van der Waals surface area contributed by atoms with E-state index in [1.165, 1.54) is 90.6 Å². The number of unbranched alkanes of at least 4 members (excludes halogenated alkanes) is 15. The molecule has 0 saturated carbocycles. The van der Waals surface area contributed by atoms with E-state index in [1.54, 1.807) is 0 Å². The van der Waals surface area contributed by atoms with Crippen LogP contribution in [0.2, 0.25) is 0 Å². The summed E-state index contributed by atoms with van der Waals surface area (Å²) in [7, 11) is 1.49. The van der Waals surface area contributed by atoms with Crippen LogP contribution >= 0.6 is 0 Å². The van der Waals surface area contributed by atoms with Gasteiger partial charge in [0.05, 0.1) is 7.11 Å². The van der Waals surface area contributed by atoms with Crippen LogP contribution in [-0.2, 0) is 24.0 Å². The van der Waals surface area contributed by atoms with Gasteiger partial charge in [-0.25, -0.2) is 9.78 Å². The molecule has 0 aliphatic carbocycles. The number of rotatable bonds is 28. The number of ether oxygens (including phenoxy) is 3. The second-order valence-corrected chi connectivity index (χ2v) is 8.93. The molecule has 0 aliphatic rings. The molecule has 0 fully saturated rings. The van der Waals surface area contributed by atoms with Crippen molar-refractivity contribution in [2.75, 3.05) is 33.7 Å². The molecule has 0 bridgehead atoms. The van der Waals surface area contributed by atoms with Gasteiger partial charge >= 0.3 is 0 Å². The molecule has 0 aromatic carbocycles. The van der Waals surface area contributed by atoms with Crippen LogP contribution in [0.5, 0.6) is 0 Å². The van der Waals surface area contributed by atoms with Crippen molar-refractivity contribution >= 4 is 0 Å². The summed E-state index contributed by atoms with van der Waals surface area (Å²) in [5, 5.41) is 0. The lowest BCUT2D eigenvalue weighted by Gasteiger charge is -2.19. The highest BCUT2D eigenvalue weighted by Crippen LogP contribution is 2.14. The molecule has 194 valence electrons. The lowest BCUT2D eigenvalue weighted by Crippen LogP contribution is -2.19. The Morgan fingerprint density at radius 1 is 0.500 bits per heavy atom. The summed E-state index contributed by atoms with van der Waals surface area (Å²) in [6.45, 7) is 7.14. The molecule has 5 heteroatoms. The summed E-state index contributed by atoms with van der Waals surface area (Å²) in [6.07, 6.45) is 23.9. The van der Waals surface area contributed by atoms with Crippen molar-refractivity contribution in [2.24, 2.45) is 0 Å². The molecule has 0 saturated heterocycles. The van der Waals surface area contributed by atoms with Crippen molar-refractivity contribution in [3.63, 3.8) is 0 Å². The summed E-state index contributed by atoms with van der Waals surface area (Å²) in [5.74, 6) is 0. The summed E-state index contributed by atoms with van der Waals surface area (Å²) < 4.78 is 17.6. The van der Waals surface area contributed by atoms with Gasteiger partial charge in [0.1, 0.15) is 0 Å². The van der Waals surface area contributed by atoms with E-state index < -0.39 is 0 Å². The SMILES string of the molecule is CCCCCCCCCOC(CCCCCCOCOOC)OCCCCCCCCC.